The minimum Gasteiger partial charge on any atom is -0.118 e. The predicted octanol–water partition coefficient (Wildman–Crippen LogP) is 5.77. The molecule has 1 rings (SSSR count). The van der Waals surface area contributed by atoms with E-state index in [2.05, 4.69) is 20.8 Å². The van der Waals surface area contributed by atoms with Crippen LogP contribution < -0.4 is 0 Å². The van der Waals surface area contributed by atoms with Crippen LogP contribution in [0.5, 0.6) is 0 Å². The van der Waals surface area contributed by atoms with Gasteiger partial charge in [0.05, 0.1) is 14.0 Å². The topological polar surface area (TPSA) is 0 Å². The molecule has 4 heteroatoms. The Morgan fingerprint density at radius 2 is 1.93 bits per heavy atom. The zero-order valence-corrected chi connectivity index (χ0v) is 11.5. The highest BCUT2D eigenvalue weighted by Gasteiger charge is 2.21. The molecule has 0 aliphatic heterocycles. The molecule has 0 amide bonds. The summed E-state index contributed by atoms with van der Waals surface area (Å²) >= 11 is 19.5. The van der Waals surface area contributed by atoms with Gasteiger partial charge < -0.3 is 0 Å². The van der Waals surface area contributed by atoms with Crippen LogP contribution in [0.3, 0.4) is 0 Å². The Labute approximate surface area is 104 Å². The smallest absolute Gasteiger partial charge is 0.0991 e. The van der Waals surface area contributed by atoms with Crippen molar-refractivity contribution in [1.82, 2.24) is 0 Å². The van der Waals surface area contributed by atoms with E-state index in [1.54, 1.807) is 0 Å². The van der Waals surface area contributed by atoms with Gasteiger partial charge in [0.1, 0.15) is 0 Å². The molecule has 1 atom stereocenters. The lowest BCUT2D eigenvalue weighted by atomic mass is 9.89. The molecule has 0 nitrogen and oxygen atoms in total. The average Bonchev–Trinajstić information content (AvgIpc) is 2.26. The molecular weight excluding hydrogens is 259 g/mol. The van der Waals surface area contributed by atoms with Crippen molar-refractivity contribution in [3.8, 4) is 0 Å². The van der Waals surface area contributed by atoms with Gasteiger partial charge in [0.25, 0.3) is 0 Å². The van der Waals surface area contributed by atoms with Gasteiger partial charge in [-0.25, -0.2) is 0 Å². The second-order valence-electron chi connectivity index (χ2n) is 4.51. The average molecular weight is 272 g/mol. The Bertz CT molecular complexity index is 312. The van der Waals surface area contributed by atoms with E-state index in [-0.39, 0.29) is 10.8 Å². The molecule has 0 spiro atoms. The maximum absolute atomic E-state index is 6.27. The Balaban J connectivity index is 2.79. The highest BCUT2D eigenvalue weighted by molar-refractivity contribution is 7.20. The van der Waals surface area contributed by atoms with Crippen molar-refractivity contribution in [2.75, 3.05) is 0 Å². The van der Waals surface area contributed by atoms with Crippen LogP contribution in [0.15, 0.2) is 6.07 Å². The fraction of sp³-hybridized carbons (Fsp3) is 0.600. The molecule has 14 heavy (non-hydrogen) atoms. The van der Waals surface area contributed by atoms with Crippen molar-refractivity contribution in [2.45, 2.75) is 32.6 Å². The number of hydrogen-bond acceptors (Lipinski definition) is 1. The first kappa shape index (κ1) is 12.6. The van der Waals surface area contributed by atoms with E-state index in [4.69, 9.17) is 34.8 Å². The van der Waals surface area contributed by atoms with Crippen molar-refractivity contribution in [2.24, 2.45) is 5.41 Å². The van der Waals surface area contributed by atoms with E-state index in [9.17, 15) is 0 Å². The fourth-order valence-corrected chi connectivity index (χ4v) is 3.55. The molecule has 0 radical (unpaired) electrons. The van der Waals surface area contributed by atoms with E-state index in [1.807, 2.05) is 6.07 Å². The Kier molecular flexibility index (Phi) is 4.16. The summed E-state index contributed by atoms with van der Waals surface area (Å²) in [5, 5.41) is -0.0498. The first-order valence-electron chi connectivity index (χ1n) is 4.38. The largest absolute Gasteiger partial charge is 0.118 e. The number of rotatable bonds is 2. The third-order valence-electron chi connectivity index (χ3n) is 1.81. The maximum atomic E-state index is 6.27. The lowest BCUT2D eigenvalue weighted by Gasteiger charge is -2.21. The number of thiophene rings is 1. The van der Waals surface area contributed by atoms with Gasteiger partial charge in [0.15, 0.2) is 0 Å². The molecule has 0 aliphatic carbocycles. The van der Waals surface area contributed by atoms with Gasteiger partial charge in [-0.1, -0.05) is 44.0 Å². The van der Waals surface area contributed by atoms with Gasteiger partial charge in [-0.15, -0.1) is 22.9 Å². The molecule has 1 heterocycles. The monoisotopic (exact) mass is 270 g/mol. The Morgan fingerprint density at radius 1 is 1.36 bits per heavy atom. The highest BCUT2D eigenvalue weighted by Crippen LogP contribution is 2.42. The van der Waals surface area contributed by atoms with Crippen LogP contribution in [0.1, 0.15) is 38.1 Å². The van der Waals surface area contributed by atoms with E-state index >= 15 is 0 Å². The van der Waals surface area contributed by atoms with Gasteiger partial charge in [-0.2, -0.15) is 0 Å². The normalized spacial score (nSPS) is 14.4. The Hall–Kier alpha value is 0.570. The van der Waals surface area contributed by atoms with Crippen LogP contribution >= 0.6 is 46.1 Å². The molecule has 1 aromatic heterocycles. The van der Waals surface area contributed by atoms with Gasteiger partial charge in [0, 0.05) is 5.56 Å². The quantitative estimate of drug-likeness (QED) is 0.599. The third-order valence-corrected chi connectivity index (χ3v) is 3.72. The van der Waals surface area contributed by atoms with Crippen LogP contribution in [-0.2, 0) is 0 Å². The summed E-state index contributed by atoms with van der Waals surface area (Å²) in [6, 6.07) is 1.86. The molecule has 1 aromatic rings. The van der Waals surface area contributed by atoms with Gasteiger partial charge in [-0.3, -0.25) is 0 Å². The van der Waals surface area contributed by atoms with Crippen LogP contribution in [0, 0.1) is 5.41 Å². The summed E-state index contributed by atoms with van der Waals surface area (Å²) in [7, 11) is 0. The Morgan fingerprint density at radius 3 is 2.29 bits per heavy atom. The summed E-state index contributed by atoms with van der Waals surface area (Å²) in [5.74, 6) is 0. The lowest BCUT2D eigenvalue weighted by molar-refractivity contribution is 0.373. The van der Waals surface area contributed by atoms with Crippen LogP contribution in [0.25, 0.3) is 0 Å². The maximum Gasteiger partial charge on any atom is 0.0991 e. The van der Waals surface area contributed by atoms with E-state index in [0.717, 1.165) is 12.0 Å². The summed E-state index contributed by atoms with van der Waals surface area (Å²) in [6.45, 7) is 6.47. The fourth-order valence-electron chi connectivity index (χ4n) is 1.21. The van der Waals surface area contributed by atoms with Crippen molar-refractivity contribution in [3.05, 3.63) is 20.3 Å². The standard InChI is InChI=1S/C10H13Cl3S/c1-10(2,3)5-7(11)6-4-8(12)14-9(6)13/h4,7H,5H2,1-3H3. The predicted molar refractivity (Wildman–Crippen MR) is 67.0 cm³/mol. The van der Waals surface area contributed by atoms with Gasteiger partial charge in [0.2, 0.25) is 0 Å². The minimum absolute atomic E-state index is 0.0498. The van der Waals surface area contributed by atoms with Crippen molar-refractivity contribution in [1.29, 1.82) is 0 Å². The molecule has 0 aliphatic rings. The zero-order chi connectivity index (χ0) is 10.9. The van der Waals surface area contributed by atoms with E-state index < -0.39 is 0 Å². The van der Waals surface area contributed by atoms with Crippen LogP contribution in [0.4, 0.5) is 0 Å². The summed E-state index contributed by atoms with van der Waals surface area (Å²) < 4.78 is 1.41. The van der Waals surface area contributed by atoms with E-state index in [0.29, 0.717) is 8.67 Å². The van der Waals surface area contributed by atoms with Crippen molar-refractivity contribution < 1.29 is 0 Å². The number of alkyl halides is 1. The molecule has 0 bridgehead atoms. The molecule has 0 N–H and O–H groups in total. The second kappa shape index (κ2) is 4.61. The summed E-state index contributed by atoms with van der Waals surface area (Å²) in [6.07, 6.45) is 0.890. The molecule has 0 saturated carbocycles. The van der Waals surface area contributed by atoms with Gasteiger partial charge >= 0.3 is 0 Å². The van der Waals surface area contributed by atoms with E-state index in [1.165, 1.54) is 11.3 Å². The molecule has 1 unspecified atom stereocenters. The number of hydrogen-bond donors (Lipinski definition) is 0. The molecule has 0 saturated heterocycles. The summed E-state index contributed by atoms with van der Waals surface area (Å²) in [4.78, 5) is 0. The minimum atomic E-state index is -0.0498. The highest BCUT2D eigenvalue weighted by atomic mass is 35.5. The molecule has 0 fully saturated rings. The van der Waals surface area contributed by atoms with Crippen molar-refractivity contribution in [3.63, 3.8) is 0 Å². The molecular formula is C10H13Cl3S. The van der Waals surface area contributed by atoms with Crippen LogP contribution in [-0.4, -0.2) is 0 Å². The first-order chi connectivity index (χ1) is 6.29. The van der Waals surface area contributed by atoms with Crippen molar-refractivity contribution >= 4 is 46.1 Å². The SMILES string of the molecule is CC(C)(C)CC(Cl)c1cc(Cl)sc1Cl. The summed E-state index contributed by atoms with van der Waals surface area (Å²) in [5.41, 5.74) is 1.16. The van der Waals surface area contributed by atoms with Crippen LogP contribution in [0.2, 0.25) is 8.67 Å². The number of halogens is 3. The first-order valence-corrected chi connectivity index (χ1v) is 6.39. The van der Waals surface area contributed by atoms with Gasteiger partial charge in [-0.05, 0) is 17.9 Å². The molecule has 80 valence electrons. The molecule has 0 aromatic carbocycles. The zero-order valence-electron chi connectivity index (χ0n) is 8.40. The third kappa shape index (κ3) is 3.62. The lowest BCUT2D eigenvalue weighted by Crippen LogP contribution is -2.08. The second-order valence-corrected chi connectivity index (χ2v) is 7.32.